The molecule has 0 spiro atoms. The van der Waals surface area contributed by atoms with Crippen LogP contribution < -0.4 is 0 Å². The van der Waals surface area contributed by atoms with Gasteiger partial charge in [-0.05, 0) is 65.7 Å². The van der Waals surface area contributed by atoms with E-state index in [1.165, 1.54) is 25.2 Å². The molecule has 0 aromatic carbocycles. The van der Waals surface area contributed by atoms with Gasteiger partial charge in [0.2, 0.25) is 0 Å². The third kappa shape index (κ3) is 6.18. The molecule has 0 radical (unpaired) electrons. The zero-order valence-corrected chi connectivity index (χ0v) is 17.5. The van der Waals surface area contributed by atoms with Crippen molar-refractivity contribution in [3.05, 3.63) is 132 Å². The van der Waals surface area contributed by atoms with Crippen LogP contribution in [-0.4, -0.2) is 0 Å². The minimum Gasteiger partial charge on any atom is -0.204 e. The van der Waals surface area contributed by atoms with Crippen LogP contribution in [0.3, 0.4) is 0 Å². The van der Waals surface area contributed by atoms with Crippen molar-refractivity contribution in [1.82, 2.24) is 0 Å². The second-order valence-electron chi connectivity index (χ2n) is 7.04. The van der Waals surface area contributed by atoms with Crippen LogP contribution in [0.25, 0.3) is 0 Å². The monoisotopic (exact) mass is 414 g/mol. The lowest BCUT2D eigenvalue weighted by Gasteiger charge is -2.16. The van der Waals surface area contributed by atoms with Gasteiger partial charge in [-0.25, -0.2) is 17.6 Å². The second-order valence-corrected chi connectivity index (χ2v) is 7.04. The predicted molar refractivity (Wildman–Crippen MR) is 119 cm³/mol. The maximum atomic E-state index is 14.1. The Balaban J connectivity index is 2.84. The first-order valence-electron chi connectivity index (χ1n) is 9.16. The van der Waals surface area contributed by atoms with Gasteiger partial charge < -0.3 is 0 Å². The quantitative estimate of drug-likeness (QED) is 0.261. The van der Waals surface area contributed by atoms with Gasteiger partial charge >= 0.3 is 0 Å². The van der Waals surface area contributed by atoms with Gasteiger partial charge in [0.15, 0.2) is 23.3 Å². The van der Waals surface area contributed by atoms with Crippen LogP contribution >= 0.6 is 0 Å². The van der Waals surface area contributed by atoms with Gasteiger partial charge in [0.05, 0.1) is 0 Å². The summed E-state index contributed by atoms with van der Waals surface area (Å²) in [6.07, 6.45) is 6.83. The largest absolute Gasteiger partial charge is 0.204 e. The summed E-state index contributed by atoms with van der Waals surface area (Å²) in [7, 11) is 0. The Morgan fingerprint density at radius 3 is 1.77 bits per heavy atom. The lowest BCUT2D eigenvalue weighted by Crippen LogP contribution is -2.00. The molecular formula is C26H26F4. The Morgan fingerprint density at radius 1 is 0.733 bits per heavy atom. The van der Waals surface area contributed by atoms with Gasteiger partial charge in [-0.1, -0.05) is 63.8 Å². The lowest BCUT2D eigenvalue weighted by molar-refractivity contribution is 0.512. The van der Waals surface area contributed by atoms with Crippen LogP contribution in [0.5, 0.6) is 0 Å². The lowest BCUT2D eigenvalue weighted by atomic mass is 9.92. The van der Waals surface area contributed by atoms with Crippen molar-refractivity contribution in [2.24, 2.45) is 0 Å². The molecule has 4 heteroatoms. The predicted octanol–water partition coefficient (Wildman–Crippen LogP) is 8.87. The Hall–Kier alpha value is -3.14. The molecule has 0 atom stereocenters. The van der Waals surface area contributed by atoms with Gasteiger partial charge in [-0.15, -0.1) is 0 Å². The van der Waals surface area contributed by atoms with Gasteiger partial charge in [-0.2, -0.15) is 0 Å². The topological polar surface area (TPSA) is 0 Å². The Bertz CT molecular complexity index is 988. The first-order chi connectivity index (χ1) is 13.9. The molecule has 0 aromatic heterocycles. The summed E-state index contributed by atoms with van der Waals surface area (Å²) < 4.78 is 55.5. The summed E-state index contributed by atoms with van der Waals surface area (Å²) in [5.74, 6) is -3.92. The average molecular weight is 414 g/mol. The molecule has 0 heterocycles. The van der Waals surface area contributed by atoms with Gasteiger partial charge in [0.25, 0.3) is 0 Å². The summed E-state index contributed by atoms with van der Waals surface area (Å²) in [6.45, 7) is 24.9. The van der Waals surface area contributed by atoms with Crippen molar-refractivity contribution in [2.75, 3.05) is 0 Å². The van der Waals surface area contributed by atoms with E-state index in [1.807, 2.05) is 0 Å². The van der Waals surface area contributed by atoms with E-state index in [4.69, 9.17) is 0 Å². The van der Waals surface area contributed by atoms with Crippen LogP contribution in [0.1, 0.15) is 26.7 Å². The van der Waals surface area contributed by atoms with E-state index in [1.54, 1.807) is 13.0 Å². The molecule has 1 aliphatic rings. The average Bonchev–Trinajstić information content (AvgIpc) is 2.71. The minimum absolute atomic E-state index is 0.0522. The highest BCUT2D eigenvalue weighted by Gasteiger charge is 2.20. The first kappa shape index (κ1) is 24.9. The molecule has 0 saturated heterocycles. The molecular weight excluding hydrogens is 388 g/mol. The molecule has 0 saturated carbocycles. The van der Waals surface area contributed by atoms with Crippen molar-refractivity contribution in [3.63, 3.8) is 0 Å². The van der Waals surface area contributed by atoms with Crippen LogP contribution in [0, 0.1) is 0 Å². The second kappa shape index (κ2) is 10.6. The molecule has 0 bridgehead atoms. The third-order valence-corrected chi connectivity index (χ3v) is 4.57. The summed E-state index contributed by atoms with van der Waals surface area (Å²) in [6, 6.07) is 0. The molecule has 1 aliphatic carbocycles. The number of halogens is 4. The van der Waals surface area contributed by atoms with E-state index in [2.05, 4.69) is 39.5 Å². The summed E-state index contributed by atoms with van der Waals surface area (Å²) in [5.41, 5.74) is 1.76. The molecule has 0 fully saturated rings. The van der Waals surface area contributed by atoms with E-state index in [-0.39, 0.29) is 22.3 Å². The Labute approximate surface area is 176 Å². The standard InChI is InChI=1S/C26H26F4/c1-15(2)23(27)25(29)21(8)18(5)11-9-16(3)17(4)10-12-19(6)22-14-13-20(7)24(28)26(22)30/h9-12H,1,3-6,8,13-14H2,2,7H3/b11-9-,12-10-,25-23-. The normalized spacial score (nSPS) is 15.5. The fourth-order valence-corrected chi connectivity index (χ4v) is 2.43. The van der Waals surface area contributed by atoms with Gasteiger partial charge in [-0.3, -0.25) is 0 Å². The first-order valence-corrected chi connectivity index (χ1v) is 9.16. The molecule has 0 amide bonds. The van der Waals surface area contributed by atoms with Crippen molar-refractivity contribution in [3.8, 4) is 0 Å². The molecule has 0 nitrogen and oxygen atoms in total. The van der Waals surface area contributed by atoms with Crippen LogP contribution in [-0.2, 0) is 0 Å². The third-order valence-electron chi connectivity index (χ3n) is 4.57. The Kier molecular flexibility index (Phi) is 8.78. The van der Waals surface area contributed by atoms with Crippen LogP contribution in [0.4, 0.5) is 17.6 Å². The highest BCUT2D eigenvalue weighted by Crippen LogP contribution is 2.35. The van der Waals surface area contributed by atoms with E-state index in [9.17, 15) is 17.6 Å². The zero-order valence-electron chi connectivity index (χ0n) is 17.5. The van der Waals surface area contributed by atoms with Crippen molar-refractivity contribution >= 4 is 0 Å². The highest BCUT2D eigenvalue weighted by atomic mass is 19.2. The van der Waals surface area contributed by atoms with E-state index in [0.717, 1.165) is 0 Å². The smallest absolute Gasteiger partial charge is 0.166 e. The number of hydrogen-bond donors (Lipinski definition) is 0. The van der Waals surface area contributed by atoms with E-state index in [0.29, 0.717) is 35.1 Å². The number of rotatable bonds is 9. The number of hydrogen-bond acceptors (Lipinski definition) is 0. The molecule has 0 unspecified atom stereocenters. The van der Waals surface area contributed by atoms with E-state index >= 15 is 0 Å². The molecule has 0 N–H and O–H groups in total. The van der Waals surface area contributed by atoms with Crippen molar-refractivity contribution in [2.45, 2.75) is 26.7 Å². The van der Waals surface area contributed by atoms with Crippen LogP contribution in [0.15, 0.2) is 132 Å². The fraction of sp³-hybridized carbons (Fsp3) is 0.154. The SMILES string of the molecule is C=C(/C=C\C(=C)C(=C)/C(F)=C(/F)C(=C)C)C(=C)/C=C\C(=C)C1=C(F)C(F)=C(C)CC1. The van der Waals surface area contributed by atoms with Gasteiger partial charge in [0.1, 0.15) is 0 Å². The van der Waals surface area contributed by atoms with E-state index < -0.39 is 23.3 Å². The van der Waals surface area contributed by atoms with Crippen LogP contribution in [0.2, 0.25) is 0 Å². The minimum atomic E-state index is -1.13. The summed E-state index contributed by atoms with van der Waals surface area (Å²) in [5, 5.41) is 0. The summed E-state index contributed by atoms with van der Waals surface area (Å²) >= 11 is 0. The molecule has 0 aliphatic heterocycles. The Morgan fingerprint density at radius 2 is 1.23 bits per heavy atom. The zero-order chi connectivity index (χ0) is 23.2. The van der Waals surface area contributed by atoms with Gasteiger partial charge in [0, 0.05) is 5.57 Å². The highest BCUT2D eigenvalue weighted by molar-refractivity contribution is 5.54. The molecule has 1 rings (SSSR count). The maximum absolute atomic E-state index is 14.1. The van der Waals surface area contributed by atoms with Crippen molar-refractivity contribution in [1.29, 1.82) is 0 Å². The molecule has 158 valence electrons. The maximum Gasteiger partial charge on any atom is 0.166 e. The molecule has 0 aromatic rings. The number of allylic oxidation sites excluding steroid dienone is 16. The van der Waals surface area contributed by atoms with Crippen molar-refractivity contribution < 1.29 is 17.6 Å². The summed E-state index contributed by atoms with van der Waals surface area (Å²) in [4.78, 5) is 0. The molecule has 30 heavy (non-hydrogen) atoms. The fourth-order valence-electron chi connectivity index (χ4n) is 2.43.